The Morgan fingerprint density at radius 2 is 1.76 bits per heavy atom. The number of carbonyl (C=O) groups is 1. The summed E-state index contributed by atoms with van der Waals surface area (Å²) in [5.41, 5.74) is 2.40. The molecule has 0 radical (unpaired) electrons. The van der Waals surface area contributed by atoms with Crippen molar-refractivity contribution in [2.24, 2.45) is 0 Å². The molecule has 1 aliphatic heterocycles. The zero-order chi connectivity index (χ0) is 14.8. The molecule has 21 heavy (non-hydrogen) atoms. The number of likely N-dealkylation sites (tertiary alicyclic amines) is 1. The molecule has 2 aromatic rings. The zero-order valence-electron chi connectivity index (χ0n) is 11.6. The third-order valence-electron chi connectivity index (χ3n) is 3.70. The number of hydrogen-bond acceptors (Lipinski definition) is 2. The van der Waals surface area contributed by atoms with Crippen LogP contribution in [0.5, 0.6) is 0 Å². The predicted molar refractivity (Wildman–Crippen MR) is 91.7 cm³/mol. The first-order chi connectivity index (χ1) is 10.1. The van der Waals surface area contributed by atoms with Crippen LogP contribution in [0.15, 0.2) is 53.0 Å². The van der Waals surface area contributed by atoms with E-state index >= 15 is 0 Å². The second kappa shape index (κ2) is 6.16. The van der Waals surface area contributed by atoms with Crippen molar-refractivity contribution >= 4 is 33.2 Å². The second-order valence-corrected chi connectivity index (χ2v) is 7.21. The summed E-state index contributed by atoms with van der Waals surface area (Å²) in [7, 11) is 0. The van der Waals surface area contributed by atoms with Gasteiger partial charge in [-0.05, 0) is 42.7 Å². The first-order valence-corrected chi connectivity index (χ1v) is 8.56. The summed E-state index contributed by atoms with van der Waals surface area (Å²) in [4.78, 5) is 16.4. The molecular weight excluding hydrogens is 346 g/mol. The molecule has 1 fully saturated rings. The average molecular weight is 362 g/mol. The maximum absolute atomic E-state index is 12.5. The van der Waals surface area contributed by atoms with Gasteiger partial charge in [0.1, 0.15) is 0 Å². The molecular formula is C17H16BrNOS. The van der Waals surface area contributed by atoms with Crippen molar-refractivity contribution in [2.45, 2.75) is 12.8 Å². The van der Waals surface area contributed by atoms with Crippen molar-refractivity contribution in [1.82, 2.24) is 4.90 Å². The van der Waals surface area contributed by atoms with Gasteiger partial charge in [0.15, 0.2) is 0 Å². The van der Waals surface area contributed by atoms with Crippen molar-refractivity contribution in [1.29, 1.82) is 0 Å². The summed E-state index contributed by atoms with van der Waals surface area (Å²) in [6.45, 7) is 5.58. The van der Waals surface area contributed by atoms with Gasteiger partial charge in [-0.1, -0.05) is 40.2 Å². The van der Waals surface area contributed by atoms with E-state index in [2.05, 4.69) is 34.6 Å². The summed E-state index contributed by atoms with van der Waals surface area (Å²) in [6.07, 6.45) is 1.85. The number of carbonyl (C=O) groups excluding carboxylic acids is 1. The van der Waals surface area contributed by atoms with E-state index < -0.39 is 0 Å². The van der Waals surface area contributed by atoms with Gasteiger partial charge in [0.2, 0.25) is 0 Å². The monoisotopic (exact) mass is 361 g/mol. The highest BCUT2D eigenvalue weighted by atomic mass is 79.9. The van der Waals surface area contributed by atoms with Crippen LogP contribution in [-0.4, -0.2) is 23.9 Å². The topological polar surface area (TPSA) is 20.3 Å². The molecule has 2 heterocycles. The minimum atomic E-state index is 0.149. The molecule has 2 nitrogen and oxygen atoms in total. The predicted octanol–water partition coefficient (Wildman–Crippen LogP) is 4.97. The molecule has 0 saturated carbocycles. The Kier molecular flexibility index (Phi) is 4.27. The molecule has 1 aliphatic rings. The number of piperidine rings is 1. The summed E-state index contributed by atoms with van der Waals surface area (Å²) in [6, 6.07) is 12.1. The average Bonchev–Trinajstić information content (AvgIpc) is 2.98. The molecule has 1 aromatic heterocycles. The lowest BCUT2D eigenvalue weighted by molar-refractivity contribution is 0.0748. The van der Waals surface area contributed by atoms with Crippen LogP contribution in [0, 0.1) is 0 Å². The number of hydrogen-bond donors (Lipinski definition) is 0. The van der Waals surface area contributed by atoms with Gasteiger partial charge < -0.3 is 4.90 Å². The van der Waals surface area contributed by atoms with Gasteiger partial charge in [-0.25, -0.2) is 0 Å². The molecule has 3 rings (SSSR count). The van der Waals surface area contributed by atoms with Crippen LogP contribution in [0.4, 0.5) is 0 Å². The maximum Gasteiger partial charge on any atom is 0.263 e. The zero-order valence-corrected chi connectivity index (χ0v) is 14.0. The minimum absolute atomic E-state index is 0.149. The van der Waals surface area contributed by atoms with Gasteiger partial charge >= 0.3 is 0 Å². The van der Waals surface area contributed by atoms with Gasteiger partial charge in [0.25, 0.3) is 5.91 Å². The summed E-state index contributed by atoms with van der Waals surface area (Å²) in [5, 5.41) is 0. The van der Waals surface area contributed by atoms with Gasteiger partial charge in [-0.2, -0.15) is 0 Å². The smallest absolute Gasteiger partial charge is 0.263 e. The lowest BCUT2D eigenvalue weighted by atomic mass is 10.1. The van der Waals surface area contributed by atoms with Crippen molar-refractivity contribution < 1.29 is 4.79 Å². The first kappa shape index (κ1) is 14.5. The molecule has 1 aromatic carbocycles. The molecule has 1 saturated heterocycles. The fourth-order valence-electron chi connectivity index (χ4n) is 2.40. The molecule has 0 aliphatic carbocycles. The second-order valence-electron chi connectivity index (χ2n) is 5.21. The van der Waals surface area contributed by atoms with Crippen molar-refractivity contribution in [3.05, 3.63) is 57.9 Å². The fraction of sp³-hybridized carbons (Fsp3) is 0.235. The van der Waals surface area contributed by atoms with E-state index in [1.807, 2.05) is 29.2 Å². The molecule has 0 spiro atoms. The fourth-order valence-corrected chi connectivity index (χ4v) is 3.65. The third kappa shape index (κ3) is 3.27. The van der Waals surface area contributed by atoms with E-state index in [0.29, 0.717) is 0 Å². The molecule has 0 bridgehead atoms. The van der Waals surface area contributed by atoms with E-state index in [0.717, 1.165) is 45.7 Å². The SMILES string of the molecule is C=C1CCN(C(=O)c2ccc(-c3ccc(Br)cc3)s2)CC1. The number of halogens is 1. The van der Waals surface area contributed by atoms with E-state index in [-0.39, 0.29) is 5.91 Å². The Balaban J connectivity index is 1.76. The van der Waals surface area contributed by atoms with Gasteiger partial charge in [-0.15, -0.1) is 11.3 Å². The Labute approximate surface area is 137 Å². The van der Waals surface area contributed by atoms with Gasteiger partial charge in [-0.3, -0.25) is 4.79 Å². The van der Waals surface area contributed by atoms with Crippen LogP contribution in [0.3, 0.4) is 0 Å². The Bertz CT molecular complexity index is 664. The van der Waals surface area contributed by atoms with E-state index in [9.17, 15) is 4.79 Å². The minimum Gasteiger partial charge on any atom is -0.337 e. The Morgan fingerprint density at radius 3 is 2.43 bits per heavy atom. The molecule has 108 valence electrons. The Morgan fingerprint density at radius 1 is 1.10 bits per heavy atom. The van der Waals surface area contributed by atoms with E-state index in [1.54, 1.807) is 11.3 Å². The van der Waals surface area contributed by atoms with Crippen LogP contribution < -0.4 is 0 Å². The normalized spacial score (nSPS) is 15.3. The number of benzene rings is 1. The molecule has 1 amide bonds. The highest BCUT2D eigenvalue weighted by Gasteiger charge is 2.21. The molecule has 0 atom stereocenters. The number of nitrogens with zero attached hydrogens (tertiary/aromatic N) is 1. The van der Waals surface area contributed by atoms with Crippen LogP contribution in [0.25, 0.3) is 10.4 Å². The lowest BCUT2D eigenvalue weighted by Crippen LogP contribution is -2.35. The van der Waals surface area contributed by atoms with Crippen molar-refractivity contribution in [2.75, 3.05) is 13.1 Å². The highest BCUT2D eigenvalue weighted by molar-refractivity contribution is 9.10. The van der Waals surface area contributed by atoms with Gasteiger partial charge in [0.05, 0.1) is 4.88 Å². The van der Waals surface area contributed by atoms with Crippen molar-refractivity contribution in [3.8, 4) is 10.4 Å². The van der Waals surface area contributed by atoms with Crippen LogP contribution in [0.2, 0.25) is 0 Å². The van der Waals surface area contributed by atoms with Gasteiger partial charge in [0, 0.05) is 22.4 Å². The maximum atomic E-state index is 12.5. The summed E-state index contributed by atoms with van der Waals surface area (Å²) < 4.78 is 1.06. The molecule has 0 N–H and O–H groups in total. The van der Waals surface area contributed by atoms with Crippen molar-refractivity contribution in [3.63, 3.8) is 0 Å². The van der Waals surface area contributed by atoms with E-state index in [4.69, 9.17) is 0 Å². The molecule has 0 unspecified atom stereocenters. The third-order valence-corrected chi connectivity index (χ3v) is 5.35. The molecule has 4 heteroatoms. The Hall–Kier alpha value is -1.39. The standard InChI is InChI=1S/C17H16BrNOS/c1-12-8-10-19(11-9-12)17(20)16-7-6-15(21-16)13-2-4-14(18)5-3-13/h2-7H,1,8-11H2. The largest absolute Gasteiger partial charge is 0.337 e. The first-order valence-electron chi connectivity index (χ1n) is 6.95. The summed E-state index contributed by atoms with van der Waals surface area (Å²) in [5.74, 6) is 0.149. The highest BCUT2D eigenvalue weighted by Crippen LogP contribution is 2.30. The number of thiophene rings is 1. The lowest BCUT2D eigenvalue weighted by Gasteiger charge is -2.27. The van der Waals surface area contributed by atoms with Crippen LogP contribution >= 0.6 is 27.3 Å². The van der Waals surface area contributed by atoms with Crippen LogP contribution in [-0.2, 0) is 0 Å². The summed E-state index contributed by atoms with van der Waals surface area (Å²) >= 11 is 5.00. The number of amides is 1. The van der Waals surface area contributed by atoms with Crippen LogP contribution in [0.1, 0.15) is 22.5 Å². The number of rotatable bonds is 2. The quantitative estimate of drug-likeness (QED) is 0.691. The van der Waals surface area contributed by atoms with E-state index in [1.165, 1.54) is 5.57 Å².